The molecule has 3 N–H and O–H groups in total. The van der Waals surface area contributed by atoms with Crippen LogP contribution in [-0.2, 0) is 6.42 Å². The lowest BCUT2D eigenvalue weighted by Gasteiger charge is -2.24. The Labute approximate surface area is 169 Å². The van der Waals surface area contributed by atoms with Crippen LogP contribution in [0.3, 0.4) is 0 Å². The topological polar surface area (TPSA) is 92.5 Å². The second kappa shape index (κ2) is 7.57. The molecule has 0 aliphatic carbocycles. The van der Waals surface area contributed by atoms with Gasteiger partial charge >= 0.3 is 0 Å². The minimum Gasteiger partial charge on any atom is -0.508 e. The van der Waals surface area contributed by atoms with Gasteiger partial charge in [0.25, 0.3) is 5.91 Å². The fourth-order valence-electron chi connectivity index (χ4n) is 4.18. The number of benzene rings is 2. The fraction of sp³-hybridized carbons (Fsp3) is 0.318. The van der Waals surface area contributed by atoms with Crippen LogP contribution in [0.4, 0.5) is 17.1 Å². The van der Waals surface area contributed by atoms with Gasteiger partial charge < -0.3 is 20.5 Å². The molecule has 2 heterocycles. The first kappa shape index (κ1) is 19.0. The van der Waals surface area contributed by atoms with E-state index in [4.69, 9.17) is 17.0 Å². The molecule has 0 spiro atoms. The molecule has 29 heavy (non-hydrogen) atoms. The number of rotatable bonds is 5. The maximum Gasteiger partial charge on any atom is 0.251 e. The Hall–Kier alpha value is -3.37. The molecule has 2 aromatic carbocycles. The van der Waals surface area contributed by atoms with Gasteiger partial charge in [0.15, 0.2) is 0 Å². The summed E-state index contributed by atoms with van der Waals surface area (Å²) in [6, 6.07) is 7.39. The first-order valence-electron chi connectivity index (χ1n) is 9.51. The average Bonchev–Trinajstić information content (AvgIpc) is 3.41. The van der Waals surface area contributed by atoms with Crippen molar-refractivity contribution in [3.8, 4) is 16.9 Å². The Morgan fingerprint density at radius 2 is 2.28 bits per heavy atom. The van der Waals surface area contributed by atoms with E-state index in [1.54, 1.807) is 18.3 Å². The summed E-state index contributed by atoms with van der Waals surface area (Å²) in [5.74, 6) is 0.221. The van der Waals surface area contributed by atoms with E-state index in [0.717, 1.165) is 41.0 Å². The largest absolute Gasteiger partial charge is 0.508 e. The van der Waals surface area contributed by atoms with Crippen LogP contribution < -0.4 is 15.4 Å². The minimum absolute atomic E-state index is 0.121. The van der Waals surface area contributed by atoms with Gasteiger partial charge in [-0.3, -0.25) is 9.79 Å². The number of fused-ring (bicyclic) bond motifs is 1. The Morgan fingerprint density at radius 1 is 1.45 bits per heavy atom. The zero-order chi connectivity index (χ0) is 20.5. The molecule has 148 valence electrons. The molecule has 7 nitrogen and oxygen atoms in total. The number of amides is 1. The van der Waals surface area contributed by atoms with Crippen molar-refractivity contribution in [3.05, 3.63) is 46.8 Å². The molecule has 0 radical (unpaired) electrons. The lowest BCUT2D eigenvalue weighted by atomic mass is 9.93. The van der Waals surface area contributed by atoms with Crippen LogP contribution in [-0.4, -0.2) is 44.0 Å². The number of hydrogen-bond donors (Lipinski definition) is 2. The van der Waals surface area contributed by atoms with Gasteiger partial charge in [0, 0.05) is 43.8 Å². The van der Waals surface area contributed by atoms with Gasteiger partial charge in [0.2, 0.25) is 5.69 Å². The number of aliphatic hydroxyl groups is 1. The number of ether oxygens (including phenoxy) is 1. The van der Waals surface area contributed by atoms with Crippen molar-refractivity contribution >= 4 is 29.2 Å². The number of aliphatic imine (C=N–C) groups is 1. The van der Waals surface area contributed by atoms with Crippen LogP contribution >= 0.6 is 0 Å². The third-order valence-corrected chi connectivity index (χ3v) is 5.64. The van der Waals surface area contributed by atoms with E-state index >= 15 is 0 Å². The van der Waals surface area contributed by atoms with Gasteiger partial charge in [0.1, 0.15) is 5.75 Å². The lowest BCUT2D eigenvalue weighted by molar-refractivity contribution is 0.1000. The number of aliphatic hydroxyl groups excluding tert-OH is 1. The second-order valence-electron chi connectivity index (χ2n) is 7.31. The van der Waals surface area contributed by atoms with E-state index in [1.807, 2.05) is 12.1 Å². The molecule has 1 amide bonds. The summed E-state index contributed by atoms with van der Waals surface area (Å²) >= 11 is 0. The van der Waals surface area contributed by atoms with Crippen molar-refractivity contribution in [2.45, 2.75) is 12.8 Å². The van der Waals surface area contributed by atoms with Crippen molar-refractivity contribution in [2.75, 3.05) is 31.7 Å². The van der Waals surface area contributed by atoms with Crippen molar-refractivity contribution in [1.82, 2.24) is 0 Å². The summed E-state index contributed by atoms with van der Waals surface area (Å²) < 4.78 is 5.26. The highest BCUT2D eigenvalue weighted by Gasteiger charge is 2.30. The SMILES string of the molecule is [C-]#[N+]c1cc(-c2cc(N3CC[C@H](CO)C3)c(C(N)=O)c3c2N=CC3)ccc1OC. The van der Waals surface area contributed by atoms with Gasteiger partial charge in [-0.2, -0.15) is 0 Å². The Morgan fingerprint density at radius 3 is 2.93 bits per heavy atom. The third kappa shape index (κ3) is 3.22. The van der Waals surface area contributed by atoms with Crippen LogP contribution in [0.1, 0.15) is 22.3 Å². The Balaban J connectivity index is 1.91. The predicted octanol–water partition coefficient (Wildman–Crippen LogP) is 3.09. The maximum absolute atomic E-state index is 12.4. The molecule has 2 aromatic rings. The van der Waals surface area contributed by atoms with Gasteiger partial charge in [-0.05, 0) is 35.7 Å². The highest BCUT2D eigenvalue weighted by atomic mass is 16.5. The molecule has 0 bridgehead atoms. The standard InChI is InChI=1S/C22H22N4O3/c1-24-17-9-14(3-4-19(17)29-2)16-10-18(26-8-6-13(11-26)12-27)20(22(23)28)15-5-7-25-21(15)16/h3-4,7,9-10,13,27H,5-6,8,11-12H2,2H3,(H2,23,28)/t13-/m0/s1. The molecule has 0 unspecified atom stereocenters. The summed E-state index contributed by atoms with van der Waals surface area (Å²) in [6.07, 6.45) is 3.18. The van der Waals surface area contributed by atoms with Gasteiger partial charge in [0.05, 0.1) is 30.6 Å². The zero-order valence-electron chi connectivity index (χ0n) is 16.2. The van der Waals surface area contributed by atoms with Crippen molar-refractivity contribution in [3.63, 3.8) is 0 Å². The van der Waals surface area contributed by atoms with Crippen LogP contribution in [0.25, 0.3) is 16.0 Å². The van der Waals surface area contributed by atoms with Crippen LogP contribution in [0, 0.1) is 12.5 Å². The first-order chi connectivity index (χ1) is 14.1. The summed E-state index contributed by atoms with van der Waals surface area (Å²) in [5.41, 5.74) is 10.7. The van der Waals surface area contributed by atoms with E-state index in [-0.39, 0.29) is 12.5 Å². The van der Waals surface area contributed by atoms with E-state index in [1.165, 1.54) is 7.11 Å². The second-order valence-corrected chi connectivity index (χ2v) is 7.31. The maximum atomic E-state index is 12.4. The number of primary amides is 1. The predicted molar refractivity (Wildman–Crippen MR) is 112 cm³/mol. The normalized spacial score (nSPS) is 17.3. The third-order valence-electron chi connectivity index (χ3n) is 5.64. The van der Waals surface area contributed by atoms with E-state index in [2.05, 4.69) is 14.7 Å². The van der Waals surface area contributed by atoms with Crippen molar-refractivity contribution in [2.24, 2.45) is 16.6 Å². The summed E-state index contributed by atoms with van der Waals surface area (Å²) in [4.78, 5) is 22.5. The van der Waals surface area contributed by atoms with E-state index < -0.39 is 5.91 Å². The highest BCUT2D eigenvalue weighted by molar-refractivity contribution is 6.06. The van der Waals surface area contributed by atoms with Crippen LogP contribution in [0.5, 0.6) is 5.75 Å². The average molecular weight is 390 g/mol. The molecule has 0 aromatic heterocycles. The molecule has 2 aliphatic heterocycles. The van der Waals surface area contributed by atoms with Gasteiger partial charge in [-0.1, -0.05) is 6.07 Å². The summed E-state index contributed by atoms with van der Waals surface area (Å²) in [7, 11) is 1.54. The van der Waals surface area contributed by atoms with Crippen LogP contribution in [0.2, 0.25) is 0 Å². The summed E-state index contributed by atoms with van der Waals surface area (Å²) in [5, 5.41) is 9.53. The van der Waals surface area contributed by atoms with Gasteiger partial charge in [-0.25, -0.2) is 4.85 Å². The molecule has 4 rings (SSSR count). The van der Waals surface area contributed by atoms with Crippen LogP contribution in [0.15, 0.2) is 29.3 Å². The first-order valence-corrected chi connectivity index (χ1v) is 9.51. The van der Waals surface area contributed by atoms with Crippen molar-refractivity contribution < 1.29 is 14.6 Å². The smallest absolute Gasteiger partial charge is 0.251 e. The molecule has 1 fully saturated rings. The molecular weight excluding hydrogens is 368 g/mol. The zero-order valence-corrected chi connectivity index (χ0v) is 16.2. The van der Waals surface area contributed by atoms with Crippen molar-refractivity contribution in [1.29, 1.82) is 0 Å². The molecule has 7 heteroatoms. The van der Waals surface area contributed by atoms with E-state index in [0.29, 0.717) is 30.0 Å². The van der Waals surface area contributed by atoms with Gasteiger partial charge in [-0.15, -0.1) is 0 Å². The monoisotopic (exact) mass is 390 g/mol. The number of carbonyl (C=O) groups excluding carboxylic acids is 1. The summed E-state index contributed by atoms with van der Waals surface area (Å²) in [6.45, 7) is 8.98. The quantitative estimate of drug-likeness (QED) is 0.768. The molecular formula is C22H22N4O3. The molecule has 1 atom stereocenters. The number of anilines is 1. The molecule has 2 aliphatic rings. The number of methoxy groups -OCH3 is 1. The Kier molecular flexibility index (Phi) is 4.95. The highest BCUT2D eigenvalue weighted by Crippen LogP contribution is 2.45. The Bertz CT molecular complexity index is 1050. The van der Waals surface area contributed by atoms with E-state index in [9.17, 15) is 9.90 Å². The minimum atomic E-state index is -0.475. The number of nitrogens with two attached hydrogens (primary N) is 1. The number of hydrogen-bond acceptors (Lipinski definition) is 5. The molecule has 0 saturated carbocycles. The number of nitrogens with zero attached hydrogens (tertiary/aromatic N) is 3. The number of carbonyl (C=O) groups is 1. The fourth-order valence-corrected chi connectivity index (χ4v) is 4.18. The lowest BCUT2D eigenvalue weighted by Crippen LogP contribution is -2.26. The molecule has 1 saturated heterocycles.